The highest BCUT2D eigenvalue weighted by Gasteiger charge is 2.41. The Balaban J connectivity index is 2.30. The van der Waals surface area contributed by atoms with E-state index in [2.05, 4.69) is 10.3 Å². The molecule has 1 aliphatic heterocycles. The quantitative estimate of drug-likeness (QED) is 0.740. The van der Waals surface area contributed by atoms with Crippen LogP contribution in [-0.4, -0.2) is 16.4 Å². The first kappa shape index (κ1) is 8.69. The molecule has 1 aromatic rings. The van der Waals surface area contributed by atoms with Crippen LogP contribution in [0.4, 0.5) is 0 Å². The van der Waals surface area contributed by atoms with E-state index in [0.717, 1.165) is 5.01 Å². The lowest BCUT2D eigenvalue weighted by atomic mass is 9.90. The minimum atomic E-state index is -0.144. The Morgan fingerprint density at radius 1 is 1.69 bits per heavy atom. The molecular formula is C9H12N2OS. The second kappa shape index (κ2) is 2.80. The molecular weight excluding hydrogens is 184 g/mol. The van der Waals surface area contributed by atoms with Gasteiger partial charge in [0.1, 0.15) is 0 Å². The molecule has 0 aliphatic carbocycles. The van der Waals surface area contributed by atoms with Crippen molar-refractivity contribution in [3.05, 3.63) is 16.6 Å². The topological polar surface area (TPSA) is 42.0 Å². The van der Waals surface area contributed by atoms with Gasteiger partial charge in [-0.05, 0) is 13.8 Å². The molecule has 1 unspecified atom stereocenters. The summed E-state index contributed by atoms with van der Waals surface area (Å²) >= 11 is 1.62. The van der Waals surface area contributed by atoms with Crippen LogP contribution >= 0.6 is 11.3 Å². The Morgan fingerprint density at radius 2 is 2.46 bits per heavy atom. The second-order valence-corrected chi connectivity index (χ2v) is 4.82. The molecule has 1 saturated heterocycles. The van der Waals surface area contributed by atoms with Crippen LogP contribution in [0, 0.1) is 0 Å². The molecule has 0 bridgehead atoms. The maximum atomic E-state index is 11.2. The number of aromatic nitrogens is 1. The molecule has 1 amide bonds. The second-order valence-electron chi connectivity index (χ2n) is 3.90. The van der Waals surface area contributed by atoms with Crippen molar-refractivity contribution in [1.29, 1.82) is 0 Å². The third-order valence-electron chi connectivity index (χ3n) is 2.47. The van der Waals surface area contributed by atoms with Crippen LogP contribution in [0.5, 0.6) is 0 Å². The first-order valence-corrected chi connectivity index (χ1v) is 5.18. The molecule has 4 heteroatoms. The molecule has 0 saturated carbocycles. The number of amides is 1. The van der Waals surface area contributed by atoms with Gasteiger partial charge in [-0.1, -0.05) is 0 Å². The van der Waals surface area contributed by atoms with Crippen molar-refractivity contribution in [2.75, 3.05) is 0 Å². The molecule has 13 heavy (non-hydrogen) atoms. The van der Waals surface area contributed by atoms with Gasteiger partial charge in [-0.15, -0.1) is 11.3 Å². The molecule has 3 nitrogen and oxygen atoms in total. The van der Waals surface area contributed by atoms with Gasteiger partial charge < -0.3 is 5.32 Å². The van der Waals surface area contributed by atoms with E-state index in [4.69, 9.17) is 0 Å². The van der Waals surface area contributed by atoms with Crippen molar-refractivity contribution in [2.24, 2.45) is 0 Å². The Morgan fingerprint density at radius 3 is 2.92 bits per heavy atom. The van der Waals surface area contributed by atoms with Crippen LogP contribution < -0.4 is 5.32 Å². The van der Waals surface area contributed by atoms with Crippen molar-refractivity contribution in [1.82, 2.24) is 10.3 Å². The molecule has 0 radical (unpaired) electrons. The van der Waals surface area contributed by atoms with E-state index in [1.165, 1.54) is 0 Å². The fourth-order valence-corrected chi connectivity index (χ4v) is 2.67. The molecule has 1 N–H and O–H groups in total. The van der Waals surface area contributed by atoms with Gasteiger partial charge in [0.25, 0.3) is 0 Å². The lowest BCUT2D eigenvalue weighted by Gasteiger charge is -2.24. The summed E-state index contributed by atoms with van der Waals surface area (Å²) in [5.41, 5.74) is -0.144. The fraction of sp³-hybridized carbons (Fsp3) is 0.556. The van der Waals surface area contributed by atoms with Gasteiger partial charge in [-0.3, -0.25) is 4.79 Å². The molecule has 0 aromatic carbocycles. The zero-order valence-corrected chi connectivity index (χ0v) is 8.52. The monoisotopic (exact) mass is 196 g/mol. The van der Waals surface area contributed by atoms with Gasteiger partial charge in [0.2, 0.25) is 5.91 Å². The molecule has 0 spiro atoms. The molecule has 1 aliphatic rings. The fourth-order valence-electron chi connectivity index (χ4n) is 1.74. The molecule has 2 heterocycles. The van der Waals surface area contributed by atoms with Gasteiger partial charge in [0.15, 0.2) is 0 Å². The number of rotatable bonds is 1. The maximum absolute atomic E-state index is 11.2. The van der Waals surface area contributed by atoms with E-state index in [1.54, 1.807) is 17.5 Å². The lowest BCUT2D eigenvalue weighted by Crippen LogP contribution is -2.38. The molecule has 1 aromatic heterocycles. The molecule has 2 rings (SSSR count). The maximum Gasteiger partial charge on any atom is 0.221 e. The van der Waals surface area contributed by atoms with E-state index < -0.39 is 0 Å². The summed E-state index contributed by atoms with van der Waals surface area (Å²) in [6.07, 6.45) is 2.36. The predicted molar refractivity (Wildman–Crippen MR) is 51.7 cm³/mol. The first-order valence-electron chi connectivity index (χ1n) is 4.30. The van der Waals surface area contributed by atoms with Crippen molar-refractivity contribution >= 4 is 17.2 Å². The third kappa shape index (κ3) is 1.46. The minimum Gasteiger partial charge on any atom is -0.350 e. The van der Waals surface area contributed by atoms with Crippen LogP contribution in [0.15, 0.2) is 11.6 Å². The van der Waals surface area contributed by atoms with E-state index in [1.807, 2.05) is 19.2 Å². The Labute approximate surface area is 81.2 Å². The van der Waals surface area contributed by atoms with Crippen LogP contribution in [0.1, 0.15) is 31.2 Å². The van der Waals surface area contributed by atoms with Gasteiger partial charge >= 0.3 is 0 Å². The molecule has 70 valence electrons. The third-order valence-corrected chi connectivity index (χ3v) is 3.36. The highest BCUT2D eigenvalue weighted by molar-refractivity contribution is 7.09. The van der Waals surface area contributed by atoms with Crippen molar-refractivity contribution in [2.45, 2.75) is 31.7 Å². The van der Waals surface area contributed by atoms with E-state index in [0.29, 0.717) is 6.42 Å². The normalized spacial score (nSPS) is 26.0. The SMILES string of the molecule is CC1(C)NC(=O)CC1c1nccs1. The minimum absolute atomic E-state index is 0.130. The van der Waals surface area contributed by atoms with Crippen LogP contribution in [0.2, 0.25) is 0 Å². The van der Waals surface area contributed by atoms with E-state index in [-0.39, 0.29) is 17.4 Å². The van der Waals surface area contributed by atoms with E-state index in [9.17, 15) is 4.79 Å². The number of carbonyl (C=O) groups excluding carboxylic acids is 1. The number of carbonyl (C=O) groups is 1. The standard InChI is InChI=1S/C9H12N2OS/c1-9(2)6(5-7(12)11-9)8-10-3-4-13-8/h3-4,6H,5H2,1-2H3,(H,11,12). The van der Waals surface area contributed by atoms with Crippen molar-refractivity contribution in [3.8, 4) is 0 Å². The highest BCUT2D eigenvalue weighted by atomic mass is 32.1. The molecule has 1 fully saturated rings. The number of nitrogens with one attached hydrogen (secondary N) is 1. The van der Waals surface area contributed by atoms with Gasteiger partial charge in [-0.2, -0.15) is 0 Å². The number of hydrogen-bond acceptors (Lipinski definition) is 3. The Kier molecular flexibility index (Phi) is 1.87. The zero-order valence-electron chi connectivity index (χ0n) is 7.70. The predicted octanol–water partition coefficient (Wildman–Crippen LogP) is 1.53. The molecule has 1 atom stereocenters. The summed E-state index contributed by atoms with van der Waals surface area (Å²) in [7, 11) is 0. The summed E-state index contributed by atoms with van der Waals surface area (Å²) < 4.78 is 0. The van der Waals surface area contributed by atoms with Crippen molar-refractivity contribution < 1.29 is 4.79 Å². The van der Waals surface area contributed by atoms with E-state index >= 15 is 0 Å². The van der Waals surface area contributed by atoms with Crippen LogP contribution in [0.25, 0.3) is 0 Å². The average Bonchev–Trinajstić information content (AvgIpc) is 2.56. The van der Waals surface area contributed by atoms with Crippen molar-refractivity contribution in [3.63, 3.8) is 0 Å². The Hall–Kier alpha value is -0.900. The van der Waals surface area contributed by atoms with Crippen LogP contribution in [0.3, 0.4) is 0 Å². The zero-order chi connectivity index (χ0) is 9.47. The van der Waals surface area contributed by atoms with Gasteiger partial charge in [0, 0.05) is 29.5 Å². The number of hydrogen-bond donors (Lipinski definition) is 1. The average molecular weight is 196 g/mol. The highest BCUT2D eigenvalue weighted by Crippen LogP contribution is 2.36. The lowest BCUT2D eigenvalue weighted by molar-refractivity contribution is -0.119. The summed E-state index contributed by atoms with van der Waals surface area (Å²) in [6, 6.07) is 0. The summed E-state index contributed by atoms with van der Waals surface area (Å²) in [5.74, 6) is 0.366. The summed E-state index contributed by atoms with van der Waals surface area (Å²) in [4.78, 5) is 15.5. The smallest absolute Gasteiger partial charge is 0.221 e. The Bertz CT molecular complexity index is 318. The summed E-state index contributed by atoms with van der Waals surface area (Å²) in [5, 5.41) is 5.97. The largest absolute Gasteiger partial charge is 0.350 e. The van der Waals surface area contributed by atoms with Gasteiger partial charge in [-0.25, -0.2) is 4.98 Å². The first-order chi connectivity index (χ1) is 6.09. The number of nitrogens with zero attached hydrogens (tertiary/aromatic N) is 1. The summed E-state index contributed by atoms with van der Waals surface area (Å²) in [6.45, 7) is 4.09. The van der Waals surface area contributed by atoms with Crippen LogP contribution in [-0.2, 0) is 4.79 Å². The van der Waals surface area contributed by atoms with Gasteiger partial charge in [0.05, 0.1) is 5.01 Å². The number of thiazole rings is 1.